The SMILES string of the molecule is COc1cccc(O)c1CN1C(=O)CC1OC=O. The van der Waals surface area contributed by atoms with Crippen LogP contribution in [-0.4, -0.2) is 35.7 Å². The summed E-state index contributed by atoms with van der Waals surface area (Å²) in [6.45, 7) is 0.458. The molecule has 1 heterocycles. The molecular weight excluding hydrogens is 238 g/mol. The van der Waals surface area contributed by atoms with Gasteiger partial charge in [-0.25, -0.2) is 0 Å². The van der Waals surface area contributed by atoms with E-state index in [2.05, 4.69) is 0 Å². The highest BCUT2D eigenvalue weighted by atomic mass is 16.5. The van der Waals surface area contributed by atoms with Crippen molar-refractivity contribution < 1.29 is 24.2 Å². The van der Waals surface area contributed by atoms with E-state index in [4.69, 9.17) is 9.47 Å². The first-order valence-electron chi connectivity index (χ1n) is 5.40. The second-order valence-electron chi connectivity index (χ2n) is 3.87. The third kappa shape index (κ3) is 2.09. The molecule has 0 radical (unpaired) electrons. The Labute approximate surface area is 104 Å². The minimum Gasteiger partial charge on any atom is -0.507 e. The molecule has 1 aliphatic rings. The maximum atomic E-state index is 11.4. The number of benzene rings is 1. The number of carbonyl (C=O) groups excluding carboxylic acids is 2. The predicted molar refractivity (Wildman–Crippen MR) is 60.8 cm³/mol. The van der Waals surface area contributed by atoms with Gasteiger partial charge < -0.3 is 19.5 Å². The van der Waals surface area contributed by atoms with Gasteiger partial charge in [-0.05, 0) is 12.1 Å². The zero-order chi connectivity index (χ0) is 13.1. The lowest BCUT2D eigenvalue weighted by molar-refractivity contribution is -0.177. The minimum absolute atomic E-state index is 0.0407. The van der Waals surface area contributed by atoms with Crippen LogP contribution in [0.1, 0.15) is 12.0 Å². The molecule has 6 heteroatoms. The van der Waals surface area contributed by atoms with E-state index in [0.29, 0.717) is 17.8 Å². The number of hydrogen-bond acceptors (Lipinski definition) is 5. The van der Waals surface area contributed by atoms with Crippen LogP contribution in [-0.2, 0) is 20.9 Å². The van der Waals surface area contributed by atoms with Gasteiger partial charge >= 0.3 is 0 Å². The Morgan fingerprint density at radius 3 is 2.94 bits per heavy atom. The smallest absolute Gasteiger partial charge is 0.295 e. The van der Waals surface area contributed by atoms with Crippen molar-refractivity contribution in [3.05, 3.63) is 23.8 Å². The number of hydrogen-bond donors (Lipinski definition) is 1. The summed E-state index contributed by atoms with van der Waals surface area (Å²) in [7, 11) is 1.48. The van der Waals surface area contributed by atoms with Gasteiger partial charge in [-0.3, -0.25) is 9.59 Å². The molecule has 0 spiro atoms. The topological polar surface area (TPSA) is 76.1 Å². The van der Waals surface area contributed by atoms with Crippen LogP contribution in [0.3, 0.4) is 0 Å². The van der Waals surface area contributed by atoms with Crippen molar-refractivity contribution in [2.24, 2.45) is 0 Å². The van der Waals surface area contributed by atoms with E-state index in [1.807, 2.05) is 0 Å². The first-order valence-corrected chi connectivity index (χ1v) is 5.40. The summed E-state index contributed by atoms with van der Waals surface area (Å²) in [6.07, 6.45) is -0.381. The second kappa shape index (κ2) is 4.95. The molecular formula is C12H13NO5. The Kier molecular flexibility index (Phi) is 3.36. The number of carbonyl (C=O) groups is 2. The lowest BCUT2D eigenvalue weighted by atomic mass is 10.1. The monoisotopic (exact) mass is 251 g/mol. The molecule has 6 nitrogen and oxygen atoms in total. The van der Waals surface area contributed by atoms with Crippen molar-refractivity contribution in [2.75, 3.05) is 7.11 Å². The van der Waals surface area contributed by atoms with Gasteiger partial charge in [0.25, 0.3) is 6.47 Å². The van der Waals surface area contributed by atoms with Crippen molar-refractivity contribution in [3.8, 4) is 11.5 Å². The summed E-state index contributed by atoms with van der Waals surface area (Å²) in [5.74, 6) is 0.394. The van der Waals surface area contributed by atoms with E-state index in [1.54, 1.807) is 12.1 Å². The van der Waals surface area contributed by atoms with Crippen LogP contribution in [0.4, 0.5) is 0 Å². The summed E-state index contributed by atoms with van der Waals surface area (Å²) in [5.41, 5.74) is 0.493. The number of phenols is 1. The molecule has 1 unspecified atom stereocenters. The molecule has 1 fully saturated rings. The summed E-state index contributed by atoms with van der Waals surface area (Å²) in [4.78, 5) is 23.1. The number of methoxy groups -OCH3 is 1. The molecule has 0 aromatic heterocycles. The molecule has 1 saturated heterocycles. The van der Waals surface area contributed by atoms with Gasteiger partial charge in [0, 0.05) is 0 Å². The highest BCUT2D eigenvalue weighted by Crippen LogP contribution is 2.32. The normalized spacial score (nSPS) is 18.2. The lowest BCUT2D eigenvalue weighted by Gasteiger charge is -2.38. The molecule has 0 saturated carbocycles. The second-order valence-corrected chi connectivity index (χ2v) is 3.87. The van der Waals surface area contributed by atoms with Crippen molar-refractivity contribution in [1.82, 2.24) is 4.90 Å². The van der Waals surface area contributed by atoms with Gasteiger partial charge in [-0.15, -0.1) is 0 Å². The van der Waals surface area contributed by atoms with Crippen molar-refractivity contribution in [2.45, 2.75) is 19.2 Å². The standard InChI is InChI=1S/C12H13NO5/c1-17-10-4-2-3-9(15)8(10)6-13-11(16)5-12(13)18-7-14/h2-4,7,12,15H,5-6H2,1H3. The van der Waals surface area contributed by atoms with Gasteiger partial charge in [-0.2, -0.15) is 0 Å². The largest absolute Gasteiger partial charge is 0.507 e. The highest BCUT2D eigenvalue weighted by molar-refractivity contribution is 5.83. The number of ether oxygens (including phenoxy) is 2. The number of phenolic OH excluding ortho intramolecular Hbond substituents is 1. The Bertz CT molecular complexity index is 472. The Balaban J connectivity index is 2.18. The predicted octanol–water partition coefficient (Wildman–Crippen LogP) is 0.632. The molecule has 1 atom stereocenters. The number of likely N-dealkylation sites (tertiary alicyclic amines) is 1. The third-order valence-corrected chi connectivity index (χ3v) is 2.89. The van der Waals surface area contributed by atoms with Gasteiger partial charge in [0.1, 0.15) is 11.5 Å². The van der Waals surface area contributed by atoms with E-state index < -0.39 is 6.23 Å². The maximum Gasteiger partial charge on any atom is 0.295 e. The molecule has 1 aliphatic heterocycles. The number of rotatable bonds is 5. The highest BCUT2D eigenvalue weighted by Gasteiger charge is 2.38. The first-order chi connectivity index (χ1) is 8.67. The molecule has 18 heavy (non-hydrogen) atoms. The van der Waals surface area contributed by atoms with Crippen LogP contribution in [0.25, 0.3) is 0 Å². The maximum absolute atomic E-state index is 11.4. The van der Waals surface area contributed by atoms with E-state index in [9.17, 15) is 14.7 Å². The Morgan fingerprint density at radius 2 is 2.33 bits per heavy atom. The van der Waals surface area contributed by atoms with Crippen molar-refractivity contribution >= 4 is 12.4 Å². The molecule has 0 bridgehead atoms. The number of aromatic hydroxyl groups is 1. The fourth-order valence-corrected chi connectivity index (χ4v) is 1.88. The molecule has 1 aromatic rings. The van der Waals surface area contributed by atoms with Gasteiger partial charge in [0.05, 0.1) is 25.6 Å². The summed E-state index contributed by atoms with van der Waals surface area (Å²) in [5, 5.41) is 9.77. The minimum atomic E-state index is -0.556. The van der Waals surface area contributed by atoms with Crippen LogP contribution < -0.4 is 4.74 Å². The third-order valence-electron chi connectivity index (χ3n) is 2.89. The molecule has 1 aromatic carbocycles. The van der Waals surface area contributed by atoms with E-state index in [-0.39, 0.29) is 24.6 Å². The van der Waals surface area contributed by atoms with E-state index >= 15 is 0 Å². The fraction of sp³-hybridized carbons (Fsp3) is 0.333. The molecule has 1 N–H and O–H groups in total. The Hall–Kier alpha value is -2.24. The molecule has 96 valence electrons. The van der Waals surface area contributed by atoms with Gasteiger partial charge in [0.15, 0.2) is 6.23 Å². The zero-order valence-corrected chi connectivity index (χ0v) is 9.83. The molecule has 1 amide bonds. The quantitative estimate of drug-likeness (QED) is 0.613. The Morgan fingerprint density at radius 1 is 1.56 bits per heavy atom. The summed E-state index contributed by atoms with van der Waals surface area (Å²) < 4.78 is 9.87. The van der Waals surface area contributed by atoms with E-state index in [1.165, 1.54) is 18.1 Å². The van der Waals surface area contributed by atoms with Crippen LogP contribution in [0, 0.1) is 0 Å². The molecule has 2 rings (SSSR count). The summed E-state index contributed by atoms with van der Waals surface area (Å²) in [6, 6.07) is 4.85. The average molecular weight is 251 g/mol. The van der Waals surface area contributed by atoms with Gasteiger partial charge in [-0.1, -0.05) is 6.07 Å². The van der Waals surface area contributed by atoms with E-state index in [0.717, 1.165) is 0 Å². The molecule has 0 aliphatic carbocycles. The van der Waals surface area contributed by atoms with Crippen LogP contribution in [0.2, 0.25) is 0 Å². The van der Waals surface area contributed by atoms with Crippen molar-refractivity contribution in [3.63, 3.8) is 0 Å². The number of β-lactam (4-membered cyclic amide) rings is 1. The van der Waals surface area contributed by atoms with Crippen LogP contribution >= 0.6 is 0 Å². The lowest BCUT2D eigenvalue weighted by Crippen LogP contribution is -2.53. The number of nitrogens with zero attached hydrogens (tertiary/aromatic N) is 1. The average Bonchev–Trinajstić information content (AvgIpc) is 2.36. The first kappa shape index (κ1) is 12.2. The van der Waals surface area contributed by atoms with Crippen molar-refractivity contribution in [1.29, 1.82) is 0 Å². The van der Waals surface area contributed by atoms with Gasteiger partial charge in [0.2, 0.25) is 5.91 Å². The summed E-state index contributed by atoms with van der Waals surface area (Å²) >= 11 is 0. The van der Waals surface area contributed by atoms with Crippen LogP contribution in [0.5, 0.6) is 11.5 Å². The zero-order valence-electron chi connectivity index (χ0n) is 9.83. The van der Waals surface area contributed by atoms with Crippen LogP contribution in [0.15, 0.2) is 18.2 Å². The number of amides is 1. The fourth-order valence-electron chi connectivity index (χ4n) is 1.88.